The minimum atomic E-state index is 0.414. The molecule has 3 nitrogen and oxygen atoms in total. The quantitative estimate of drug-likeness (QED) is 0.860. The third kappa shape index (κ3) is 3.11. The van der Waals surface area contributed by atoms with Crippen molar-refractivity contribution in [3.05, 3.63) is 15.6 Å². The van der Waals surface area contributed by atoms with E-state index in [9.17, 15) is 0 Å². The number of nitrogens with zero attached hydrogens (tertiary/aromatic N) is 1. The maximum absolute atomic E-state index is 5.23. The summed E-state index contributed by atoms with van der Waals surface area (Å²) in [4.78, 5) is 6.37. The van der Waals surface area contributed by atoms with Crippen LogP contribution < -0.4 is 5.32 Å². The molecule has 0 aromatic carbocycles. The second kappa shape index (κ2) is 6.64. The highest BCUT2D eigenvalue weighted by atomic mass is 32.1. The van der Waals surface area contributed by atoms with Crippen LogP contribution in [0.15, 0.2) is 0 Å². The first-order valence-corrected chi connectivity index (χ1v) is 7.79. The summed E-state index contributed by atoms with van der Waals surface area (Å²) in [6, 6.07) is 0.480. The Morgan fingerprint density at radius 1 is 1.56 bits per heavy atom. The normalized spacial score (nSPS) is 20.7. The molecule has 1 heterocycles. The molecule has 2 atom stereocenters. The second-order valence-corrected chi connectivity index (χ2v) is 6.23. The highest BCUT2D eigenvalue weighted by Crippen LogP contribution is 2.35. The lowest BCUT2D eigenvalue weighted by Crippen LogP contribution is -2.25. The van der Waals surface area contributed by atoms with Gasteiger partial charge in [-0.3, -0.25) is 0 Å². The van der Waals surface area contributed by atoms with Gasteiger partial charge < -0.3 is 10.1 Å². The molecule has 0 amide bonds. The maximum atomic E-state index is 5.23. The number of rotatable bonds is 6. The Kier molecular flexibility index (Phi) is 5.15. The summed E-state index contributed by atoms with van der Waals surface area (Å²) in [6.07, 6.45) is 4.91. The van der Waals surface area contributed by atoms with Crippen molar-refractivity contribution >= 4 is 11.3 Å². The average Bonchev–Trinajstić information content (AvgIpc) is 2.81. The molecular formula is C14H24N2OS. The van der Waals surface area contributed by atoms with Gasteiger partial charge in [0, 0.05) is 17.9 Å². The number of hydrogen-bond donors (Lipinski definition) is 1. The zero-order valence-corrected chi connectivity index (χ0v) is 12.5. The maximum Gasteiger partial charge on any atom is 0.0983 e. The van der Waals surface area contributed by atoms with Gasteiger partial charge in [0.15, 0.2) is 0 Å². The first-order chi connectivity index (χ1) is 8.76. The van der Waals surface area contributed by atoms with Gasteiger partial charge in [-0.05, 0) is 32.2 Å². The number of aryl methyl sites for hydroxylation is 1. The highest BCUT2D eigenvalue weighted by molar-refractivity contribution is 7.11. The summed E-state index contributed by atoms with van der Waals surface area (Å²) in [6.45, 7) is 6.26. The molecule has 1 aliphatic carbocycles. The van der Waals surface area contributed by atoms with Gasteiger partial charge in [0.1, 0.15) is 0 Å². The van der Waals surface area contributed by atoms with E-state index in [-0.39, 0.29) is 0 Å². The van der Waals surface area contributed by atoms with E-state index in [1.165, 1.54) is 41.3 Å². The number of thiazole rings is 1. The summed E-state index contributed by atoms with van der Waals surface area (Å²) < 4.78 is 5.23. The molecule has 1 N–H and O–H groups in total. The Hall–Kier alpha value is -0.450. The molecule has 1 aromatic rings. The number of hydrogen-bond acceptors (Lipinski definition) is 4. The van der Waals surface area contributed by atoms with Crippen LogP contribution in [0, 0.1) is 0 Å². The molecule has 0 spiro atoms. The molecule has 0 radical (unpaired) electrons. The van der Waals surface area contributed by atoms with Crippen molar-refractivity contribution in [2.45, 2.75) is 51.5 Å². The van der Waals surface area contributed by atoms with Gasteiger partial charge in [0.05, 0.1) is 23.4 Å². The molecule has 18 heavy (non-hydrogen) atoms. The number of fused-ring (bicyclic) bond motifs is 1. The minimum absolute atomic E-state index is 0.414. The lowest BCUT2D eigenvalue weighted by molar-refractivity contribution is 0.184. The fraction of sp³-hybridized carbons (Fsp3) is 0.786. The van der Waals surface area contributed by atoms with Crippen molar-refractivity contribution in [2.75, 3.05) is 20.3 Å². The smallest absolute Gasteiger partial charge is 0.0983 e. The van der Waals surface area contributed by atoms with Gasteiger partial charge in [-0.15, -0.1) is 11.3 Å². The summed E-state index contributed by atoms with van der Waals surface area (Å²) in [5.74, 6) is 0.414. The summed E-state index contributed by atoms with van der Waals surface area (Å²) >= 11 is 1.89. The van der Waals surface area contributed by atoms with Crippen molar-refractivity contribution in [1.82, 2.24) is 10.3 Å². The van der Waals surface area contributed by atoms with Crippen LogP contribution in [0.25, 0.3) is 0 Å². The van der Waals surface area contributed by atoms with Crippen molar-refractivity contribution < 1.29 is 4.74 Å². The van der Waals surface area contributed by atoms with Gasteiger partial charge in [0.2, 0.25) is 0 Å². The Bertz CT molecular complexity index is 378. The lowest BCUT2D eigenvalue weighted by Gasteiger charge is -2.22. The average molecular weight is 268 g/mol. The third-order valence-electron chi connectivity index (χ3n) is 3.45. The van der Waals surface area contributed by atoms with Crippen LogP contribution in [0.2, 0.25) is 0 Å². The Morgan fingerprint density at radius 3 is 3.11 bits per heavy atom. The predicted octanol–water partition coefficient (Wildman–Crippen LogP) is 3.27. The Morgan fingerprint density at radius 2 is 2.39 bits per heavy atom. The van der Waals surface area contributed by atoms with E-state index in [2.05, 4.69) is 19.2 Å². The van der Waals surface area contributed by atoms with Gasteiger partial charge >= 0.3 is 0 Å². The zero-order valence-electron chi connectivity index (χ0n) is 11.7. The molecular weight excluding hydrogens is 244 g/mol. The standard InChI is InChI=1S/C14H24N2OS/c1-4-8-15-11-6-5-7-12-13(11)16-14(18-12)10(2)9-17-3/h10-11,15H,4-9H2,1-3H3. The number of methoxy groups -OCH3 is 1. The van der Waals surface area contributed by atoms with Crippen LogP contribution in [0.3, 0.4) is 0 Å². The van der Waals surface area contributed by atoms with Crippen molar-refractivity contribution in [3.63, 3.8) is 0 Å². The summed E-state index contributed by atoms with van der Waals surface area (Å²) in [5.41, 5.74) is 1.32. The van der Waals surface area contributed by atoms with Crippen LogP contribution in [0.1, 0.15) is 60.6 Å². The first kappa shape index (κ1) is 14.0. The van der Waals surface area contributed by atoms with Crippen LogP contribution in [-0.4, -0.2) is 25.2 Å². The Labute approximate surface area is 114 Å². The van der Waals surface area contributed by atoms with E-state index in [0.29, 0.717) is 12.0 Å². The van der Waals surface area contributed by atoms with Gasteiger partial charge in [-0.1, -0.05) is 13.8 Å². The largest absolute Gasteiger partial charge is 0.384 e. The van der Waals surface area contributed by atoms with Gasteiger partial charge in [-0.25, -0.2) is 4.98 Å². The van der Waals surface area contributed by atoms with Crippen molar-refractivity contribution in [2.24, 2.45) is 0 Å². The van der Waals surface area contributed by atoms with Gasteiger partial charge in [0.25, 0.3) is 0 Å². The fourth-order valence-corrected chi connectivity index (χ4v) is 3.69. The lowest BCUT2D eigenvalue weighted by atomic mass is 9.97. The van der Waals surface area contributed by atoms with Crippen LogP contribution in [0.5, 0.6) is 0 Å². The number of nitrogens with one attached hydrogen (secondary N) is 1. The molecule has 0 fully saturated rings. The molecule has 2 rings (SSSR count). The summed E-state index contributed by atoms with van der Waals surface area (Å²) in [7, 11) is 1.76. The molecule has 0 saturated heterocycles. The fourth-order valence-electron chi connectivity index (χ4n) is 2.49. The SMILES string of the molecule is CCCNC1CCCc2sc(C(C)COC)nc21. The van der Waals surface area contributed by atoms with Crippen molar-refractivity contribution in [1.29, 1.82) is 0 Å². The first-order valence-electron chi connectivity index (χ1n) is 6.98. The predicted molar refractivity (Wildman–Crippen MR) is 76.4 cm³/mol. The molecule has 4 heteroatoms. The van der Waals surface area contributed by atoms with E-state index in [1.807, 2.05) is 11.3 Å². The molecule has 1 aliphatic rings. The molecule has 102 valence electrons. The topological polar surface area (TPSA) is 34.1 Å². The van der Waals surface area contributed by atoms with E-state index < -0.39 is 0 Å². The van der Waals surface area contributed by atoms with E-state index in [1.54, 1.807) is 7.11 Å². The summed E-state index contributed by atoms with van der Waals surface area (Å²) in [5, 5.41) is 4.87. The van der Waals surface area contributed by atoms with E-state index in [4.69, 9.17) is 9.72 Å². The zero-order chi connectivity index (χ0) is 13.0. The molecule has 2 unspecified atom stereocenters. The van der Waals surface area contributed by atoms with Crippen LogP contribution in [-0.2, 0) is 11.2 Å². The number of aromatic nitrogens is 1. The highest BCUT2D eigenvalue weighted by Gasteiger charge is 2.25. The molecule has 0 aliphatic heterocycles. The van der Waals surface area contributed by atoms with Crippen LogP contribution in [0.4, 0.5) is 0 Å². The Balaban J connectivity index is 2.12. The monoisotopic (exact) mass is 268 g/mol. The molecule has 1 aromatic heterocycles. The molecule has 0 saturated carbocycles. The van der Waals surface area contributed by atoms with E-state index in [0.717, 1.165) is 13.2 Å². The minimum Gasteiger partial charge on any atom is -0.384 e. The molecule has 0 bridgehead atoms. The second-order valence-electron chi connectivity index (χ2n) is 5.12. The van der Waals surface area contributed by atoms with Crippen molar-refractivity contribution in [3.8, 4) is 0 Å². The third-order valence-corrected chi connectivity index (χ3v) is 4.81. The van der Waals surface area contributed by atoms with E-state index >= 15 is 0 Å². The van der Waals surface area contributed by atoms with Gasteiger partial charge in [-0.2, -0.15) is 0 Å². The van der Waals surface area contributed by atoms with Crippen LogP contribution >= 0.6 is 11.3 Å². The number of ether oxygens (including phenoxy) is 1.